The number of methoxy groups -OCH3 is 1. The van der Waals surface area contributed by atoms with Gasteiger partial charge in [-0.3, -0.25) is 4.79 Å². The maximum Gasteiger partial charge on any atom is 0.162 e. The van der Waals surface area contributed by atoms with Crippen molar-refractivity contribution < 1.29 is 13.9 Å². The first kappa shape index (κ1) is 19.4. The molecule has 0 atom stereocenters. The number of ketones is 1. The molecule has 4 nitrogen and oxygen atoms in total. The van der Waals surface area contributed by atoms with E-state index in [1.807, 2.05) is 24.3 Å². The highest BCUT2D eigenvalue weighted by molar-refractivity contribution is 5.95. The van der Waals surface area contributed by atoms with Crippen molar-refractivity contribution in [3.63, 3.8) is 0 Å². The van der Waals surface area contributed by atoms with Crippen LogP contribution in [0.5, 0.6) is 5.75 Å². The maximum absolute atomic E-state index is 12.9. The first-order chi connectivity index (χ1) is 13.1. The summed E-state index contributed by atoms with van der Waals surface area (Å²) in [6.07, 6.45) is 3.54. The second-order valence-electron chi connectivity index (χ2n) is 7.02. The topological polar surface area (TPSA) is 41.6 Å². The molecule has 1 N–H and O–H groups in total. The first-order valence-electron chi connectivity index (χ1n) is 9.56. The number of hydrogen-bond acceptors (Lipinski definition) is 4. The van der Waals surface area contributed by atoms with E-state index in [9.17, 15) is 9.18 Å². The van der Waals surface area contributed by atoms with Gasteiger partial charge in [0.05, 0.1) is 7.11 Å². The smallest absolute Gasteiger partial charge is 0.162 e. The number of nitrogens with zero attached hydrogens (tertiary/aromatic N) is 1. The number of hydrogen-bond donors (Lipinski definition) is 1. The molecule has 144 valence electrons. The van der Waals surface area contributed by atoms with Gasteiger partial charge in [0.15, 0.2) is 5.78 Å². The van der Waals surface area contributed by atoms with E-state index < -0.39 is 0 Å². The number of piperidine rings is 1. The Kier molecular flexibility index (Phi) is 6.82. The van der Waals surface area contributed by atoms with Gasteiger partial charge < -0.3 is 15.0 Å². The first-order valence-corrected chi connectivity index (χ1v) is 9.56. The van der Waals surface area contributed by atoms with Crippen molar-refractivity contribution >= 4 is 11.5 Å². The fraction of sp³-hybridized carbons (Fsp3) is 0.409. The zero-order valence-corrected chi connectivity index (χ0v) is 15.8. The molecule has 1 fully saturated rings. The normalized spacial score (nSPS) is 15.5. The van der Waals surface area contributed by atoms with Crippen LogP contribution in [-0.2, 0) is 0 Å². The van der Waals surface area contributed by atoms with Crippen molar-refractivity contribution in [2.75, 3.05) is 32.1 Å². The lowest BCUT2D eigenvalue weighted by atomic mass is 10.0. The lowest BCUT2D eigenvalue weighted by molar-refractivity contribution is 0.0972. The molecule has 1 heterocycles. The van der Waals surface area contributed by atoms with E-state index in [4.69, 9.17) is 4.74 Å². The van der Waals surface area contributed by atoms with Crippen molar-refractivity contribution in [2.24, 2.45) is 0 Å². The van der Waals surface area contributed by atoms with E-state index in [2.05, 4.69) is 10.2 Å². The second kappa shape index (κ2) is 9.51. The molecular weight excluding hydrogens is 343 g/mol. The van der Waals surface area contributed by atoms with Gasteiger partial charge in [-0.15, -0.1) is 0 Å². The molecule has 0 bridgehead atoms. The van der Waals surface area contributed by atoms with Gasteiger partial charge in [-0.2, -0.15) is 0 Å². The van der Waals surface area contributed by atoms with Gasteiger partial charge in [0.2, 0.25) is 0 Å². The number of carbonyl (C=O) groups is 1. The Morgan fingerprint density at radius 1 is 1.11 bits per heavy atom. The molecule has 0 amide bonds. The summed E-state index contributed by atoms with van der Waals surface area (Å²) in [5.74, 6) is 0.647. The van der Waals surface area contributed by atoms with E-state index in [-0.39, 0.29) is 11.6 Å². The Labute approximate surface area is 160 Å². The summed E-state index contributed by atoms with van der Waals surface area (Å²) in [4.78, 5) is 14.6. The maximum atomic E-state index is 12.9. The molecule has 2 aromatic rings. The van der Waals surface area contributed by atoms with Gasteiger partial charge in [-0.1, -0.05) is 0 Å². The Balaban J connectivity index is 1.35. The fourth-order valence-corrected chi connectivity index (χ4v) is 3.47. The van der Waals surface area contributed by atoms with Crippen molar-refractivity contribution in [2.45, 2.75) is 31.7 Å². The van der Waals surface area contributed by atoms with Gasteiger partial charge in [0.25, 0.3) is 0 Å². The van der Waals surface area contributed by atoms with Crippen LogP contribution in [0.2, 0.25) is 0 Å². The van der Waals surface area contributed by atoms with Gasteiger partial charge >= 0.3 is 0 Å². The predicted octanol–water partition coefficient (Wildman–Crippen LogP) is 4.37. The Hall–Kier alpha value is -2.40. The molecule has 0 spiro atoms. The number of nitrogens with one attached hydrogen (secondary N) is 1. The monoisotopic (exact) mass is 370 g/mol. The van der Waals surface area contributed by atoms with Crippen LogP contribution < -0.4 is 10.1 Å². The van der Waals surface area contributed by atoms with Crippen molar-refractivity contribution in [1.82, 2.24) is 4.90 Å². The van der Waals surface area contributed by atoms with E-state index in [0.717, 1.165) is 50.3 Å². The molecule has 0 aromatic heterocycles. The minimum Gasteiger partial charge on any atom is -0.497 e. The summed E-state index contributed by atoms with van der Waals surface area (Å²) in [5.41, 5.74) is 1.72. The largest absolute Gasteiger partial charge is 0.497 e. The molecule has 1 aliphatic rings. The zero-order valence-electron chi connectivity index (χ0n) is 15.8. The van der Waals surface area contributed by atoms with Gasteiger partial charge in [0, 0.05) is 36.8 Å². The van der Waals surface area contributed by atoms with Gasteiger partial charge in [-0.25, -0.2) is 4.39 Å². The Morgan fingerprint density at radius 2 is 1.78 bits per heavy atom. The highest BCUT2D eigenvalue weighted by atomic mass is 19.1. The number of Topliss-reactive ketones (excluding diaryl/α,β-unsaturated/α-hetero) is 1. The highest BCUT2D eigenvalue weighted by Gasteiger charge is 2.19. The summed E-state index contributed by atoms with van der Waals surface area (Å²) in [6, 6.07) is 14.3. The Bertz CT molecular complexity index is 723. The van der Waals surface area contributed by atoms with E-state index in [0.29, 0.717) is 18.0 Å². The van der Waals surface area contributed by atoms with Crippen molar-refractivity contribution in [3.8, 4) is 5.75 Å². The second-order valence-corrected chi connectivity index (χ2v) is 7.02. The van der Waals surface area contributed by atoms with Crippen LogP contribution in [0, 0.1) is 5.82 Å². The number of carbonyl (C=O) groups excluding carboxylic acids is 1. The van der Waals surface area contributed by atoms with E-state index in [1.165, 1.54) is 12.1 Å². The van der Waals surface area contributed by atoms with Crippen LogP contribution in [-0.4, -0.2) is 43.5 Å². The average Bonchev–Trinajstić information content (AvgIpc) is 2.70. The number of benzene rings is 2. The van der Waals surface area contributed by atoms with Crippen LogP contribution in [0.1, 0.15) is 36.0 Å². The summed E-state index contributed by atoms with van der Waals surface area (Å²) < 4.78 is 18.1. The zero-order chi connectivity index (χ0) is 19.1. The number of ether oxygens (including phenoxy) is 1. The average molecular weight is 370 g/mol. The van der Waals surface area contributed by atoms with Gasteiger partial charge in [0.1, 0.15) is 11.6 Å². The lowest BCUT2D eigenvalue weighted by Gasteiger charge is -2.32. The summed E-state index contributed by atoms with van der Waals surface area (Å²) in [6.45, 7) is 3.01. The van der Waals surface area contributed by atoms with Crippen LogP contribution in [0.25, 0.3) is 0 Å². The Morgan fingerprint density at radius 3 is 2.41 bits per heavy atom. The van der Waals surface area contributed by atoms with Gasteiger partial charge in [-0.05, 0) is 74.3 Å². The molecule has 0 saturated carbocycles. The molecule has 5 heteroatoms. The number of halogens is 1. The quantitative estimate of drug-likeness (QED) is 0.701. The SMILES string of the molecule is COc1ccc(NC2CCN(CCCC(=O)c3ccc(F)cc3)CC2)cc1. The highest BCUT2D eigenvalue weighted by Crippen LogP contribution is 2.20. The molecule has 1 saturated heterocycles. The third kappa shape index (κ3) is 5.79. The predicted molar refractivity (Wildman–Crippen MR) is 106 cm³/mol. The number of anilines is 1. The standard InChI is InChI=1S/C22H27FN2O2/c1-27-21-10-8-19(9-11-21)24-20-12-15-25(16-13-20)14-2-3-22(26)17-4-6-18(23)7-5-17/h4-11,20,24H,2-3,12-16H2,1H3. The summed E-state index contributed by atoms with van der Waals surface area (Å²) >= 11 is 0. The molecule has 0 aliphatic carbocycles. The molecular formula is C22H27FN2O2. The molecule has 27 heavy (non-hydrogen) atoms. The number of rotatable bonds is 8. The van der Waals surface area contributed by atoms with Crippen molar-refractivity contribution in [3.05, 3.63) is 59.9 Å². The van der Waals surface area contributed by atoms with Crippen molar-refractivity contribution in [1.29, 1.82) is 0 Å². The lowest BCUT2D eigenvalue weighted by Crippen LogP contribution is -2.39. The number of likely N-dealkylation sites (tertiary alicyclic amines) is 1. The summed E-state index contributed by atoms with van der Waals surface area (Å²) in [5, 5.41) is 3.59. The third-order valence-electron chi connectivity index (χ3n) is 5.09. The fourth-order valence-electron chi connectivity index (χ4n) is 3.47. The van der Waals surface area contributed by atoms with Crippen LogP contribution in [0.4, 0.5) is 10.1 Å². The van der Waals surface area contributed by atoms with E-state index >= 15 is 0 Å². The van der Waals surface area contributed by atoms with Crippen LogP contribution >= 0.6 is 0 Å². The van der Waals surface area contributed by atoms with Crippen LogP contribution in [0.15, 0.2) is 48.5 Å². The third-order valence-corrected chi connectivity index (χ3v) is 5.09. The minimum absolute atomic E-state index is 0.0889. The molecule has 0 unspecified atom stereocenters. The minimum atomic E-state index is -0.308. The molecule has 3 rings (SSSR count). The molecule has 2 aromatic carbocycles. The van der Waals surface area contributed by atoms with E-state index in [1.54, 1.807) is 19.2 Å². The molecule has 1 aliphatic heterocycles. The summed E-state index contributed by atoms with van der Waals surface area (Å²) in [7, 11) is 1.67. The van der Waals surface area contributed by atoms with Crippen LogP contribution in [0.3, 0.4) is 0 Å². The molecule has 0 radical (unpaired) electrons.